The molecule has 1 aromatic heterocycles. The van der Waals surface area contributed by atoms with Crippen LogP contribution in [0, 0.1) is 0 Å². The molecule has 166 valence electrons. The van der Waals surface area contributed by atoms with E-state index in [1.807, 2.05) is 30.3 Å². The molecule has 0 bridgehead atoms. The molecule has 0 unspecified atom stereocenters. The first kappa shape index (κ1) is 22.0. The fourth-order valence-corrected chi connectivity index (χ4v) is 4.49. The van der Waals surface area contributed by atoms with E-state index in [0.29, 0.717) is 23.4 Å². The van der Waals surface area contributed by atoms with Crippen molar-refractivity contribution in [2.45, 2.75) is 18.3 Å². The number of carbonyl (C=O) groups excluding carboxylic acids is 1. The number of hydrogen-bond donors (Lipinski definition) is 0. The Bertz CT molecular complexity index is 1090. The lowest BCUT2D eigenvalue weighted by atomic mass is 10.1. The van der Waals surface area contributed by atoms with Crippen LogP contribution in [0.25, 0.3) is 0 Å². The van der Waals surface area contributed by atoms with E-state index in [2.05, 4.69) is 4.98 Å². The van der Waals surface area contributed by atoms with Gasteiger partial charge in [0.2, 0.25) is 0 Å². The highest BCUT2D eigenvalue weighted by atomic mass is 32.2. The van der Waals surface area contributed by atoms with Crippen molar-refractivity contribution < 1.29 is 22.7 Å². The van der Waals surface area contributed by atoms with Crippen molar-refractivity contribution in [3.63, 3.8) is 0 Å². The lowest BCUT2D eigenvalue weighted by Crippen LogP contribution is -2.39. The summed E-state index contributed by atoms with van der Waals surface area (Å²) >= 11 is 1.28. The molecule has 4 rings (SSSR count). The van der Waals surface area contributed by atoms with Gasteiger partial charge in [0.05, 0.1) is 18.4 Å². The number of benzene rings is 2. The third-order valence-corrected chi connectivity index (χ3v) is 6.19. The highest BCUT2D eigenvalue weighted by Gasteiger charge is 2.38. The lowest BCUT2D eigenvalue weighted by molar-refractivity contribution is -0.138. The number of nitrogens with zero attached hydrogens (tertiary/aromatic N) is 3. The molecule has 0 aliphatic carbocycles. The Kier molecular flexibility index (Phi) is 6.27. The van der Waals surface area contributed by atoms with Gasteiger partial charge in [-0.2, -0.15) is 13.2 Å². The molecule has 0 saturated heterocycles. The largest absolute Gasteiger partial charge is 0.496 e. The molecule has 2 amide bonds. The predicted octanol–water partition coefficient (Wildman–Crippen LogP) is 5.95. The second kappa shape index (κ2) is 9.12. The number of fused-ring (bicyclic) bond motifs is 1. The number of urea groups is 1. The summed E-state index contributed by atoms with van der Waals surface area (Å²) in [4.78, 5) is 18.9. The van der Waals surface area contributed by atoms with Gasteiger partial charge in [0, 0.05) is 30.4 Å². The number of methoxy groups -OCH3 is 1. The van der Waals surface area contributed by atoms with Crippen LogP contribution < -0.4 is 13.9 Å². The number of pyridine rings is 1. The molecule has 0 radical (unpaired) electrons. The predicted molar refractivity (Wildman–Crippen MR) is 119 cm³/mol. The third-order valence-electron chi connectivity index (χ3n) is 5.11. The van der Waals surface area contributed by atoms with E-state index in [9.17, 15) is 18.0 Å². The van der Waals surface area contributed by atoms with Crippen LogP contribution >= 0.6 is 11.9 Å². The first-order valence-corrected chi connectivity index (χ1v) is 10.8. The van der Waals surface area contributed by atoms with Crippen LogP contribution in [0.3, 0.4) is 0 Å². The van der Waals surface area contributed by atoms with Crippen LogP contribution in [-0.4, -0.2) is 24.7 Å². The van der Waals surface area contributed by atoms with Gasteiger partial charge in [-0.1, -0.05) is 18.2 Å². The highest BCUT2D eigenvalue weighted by Crippen LogP contribution is 2.43. The van der Waals surface area contributed by atoms with Crippen molar-refractivity contribution in [1.29, 1.82) is 0 Å². The monoisotopic (exact) mass is 459 g/mol. The Hall–Kier alpha value is -3.20. The summed E-state index contributed by atoms with van der Waals surface area (Å²) < 4.78 is 47.2. The summed E-state index contributed by atoms with van der Waals surface area (Å²) in [6.45, 7) is 0.289. The van der Waals surface area contributed by atoms with Gasteiger partial charge in [-0.25, -0.2) is 9.10 Å². The first-order chi connectivity index (χ1) is 15.4. The highest BCUT2D eigenvalue weighted by molar-refractivity contribution is 8.00. The molecule has 1 aliphatic rings. The van der Waals surface area contributed by atoms with Gasteiger partial charge in [-0.3, -0.25) is 9.88 Å². The van der Waals surface area contributed by atoms with Crippen LogP contribution in [0.15, 0.2) is 67.0 Å². The minimum Gasteiger partial charge on any atom is -0.496 e. The average molecular weight is 459 g/mol. The Balaban J connectivity index is 1.67. The maximum atomic E-state index is 13.6. The van der Waals surface area contributed by atoms with E-state index in [1.54, 1.807) is 24.5 Å². The lowest BCUT2D eigenvalue weighted by Gasteiger charge is -2.28. The maximum absolute atomic E-state index is 13.6. The Morgan fingerprint density at radius 1 is 1.16 bits per heavy atom. The maximum Gasteiger partial charge on any atom is 0.420 e. The topological polar surface area (TPSA) is 45.7 Å². The molecule has 0 spiro atoms. The molecule has 2 heterocycles. The van der Waals surface area contributed by atoms with Crippen molar-refractivity contribution in [2.75, 3.05) is 22.9 Å². The molecule has 5 nitrogen and oxygen atoms in total. The summed E-state index contributed by atoms with van der Waals surface area (Å²) in [5.74, 6) is 0.262. The van der Waals surface area contributed by atoms with E-state index in [0.717, 1.165) is 11.6 Å². The summed E-state index contributed by atoms with van der Waals surface area (Å²) in [7, 11) is 1.21. The molecular weight excluding hydrogens is 439 g/mol. The normalized spacial score (nSPS) is 13.1. The fourth-order valence-electron chi connectivity index (χ4n) is 3.54. The first-order valence-electron chi connectivity index (χ1n) is 9.85. The SMILES string of the molecule is COc1cc2c(cc1C(F)(F)F)N(C(=O)N(SCc1ccncc1)c1ccccc1)CC2. The number of hydrogen-bond acceptors (Lipinski definition) is 4. The number of amides is 2. The minimum atomic E-state index is -4.59. The number of aromatic nitrogens is 1. The summed E-state index contributed by atoms with van der Waals surface area (Å²) in [6, 6.07) is 14.8. The van der Waals surface area contributed by atoms with Gasteiger partial charge < -0.3 is 4.74 Å². The number of anilines is 2. The average Bonchev–Trinajstić information content (AvgIpc) is 3.22. The second-order valence-corrected chi connectivity index (χ2v) is 8.03. The van der Waals surface area contributed by atoms with E-state index in [1.165, 1.54) is 34.3 Å². The minimum absolute atomic E-state index is 0.238. The van der Waals surface area contributed by atoms with Gasteiger partial charge in [0.15, 0.2) is 0 Å². The van der Waals surface area contributed by atoms with Gasteiger partial charge in [-0.15, -0.1) is 0 Å². The van der Waals surface area contributed by atoms with Crippen LogP contribution in [0.5, 0.6) is 5.75 Å². The van der Waals surface area contributed by atoms with Crippen molar-refractivity contribution in [2.24, 2.45) is 0 Å². The molecule has 0 N–H and O–H groups in total. The molecule has 3 aromatic rings. The van der Waals surface area contributed by atoms with Crippen molar-refractivity contribution >= 4 is 29.4 Å². The van der Waals surface area contributed by atoms with Crippen molar-refractivity contribution in [3.8, 4) is 5.75 Å². The molecule has 2 aromatic carbocycles. The standard InChI is InChI=1S/C23H20F3N3O2S/c1-31-21-13-17-9-12-28(20(17)14-19(21)23(24,25)26)22(30)29(18-5-3-2-4-6-18)32-15-16-7-10-27-11-8-16/h2-8,10-11,13-14H,9,12,15H2,1H3. The quantitative estimate of drug-likeness (QED) is 0.443. The van der Waals surface area contributed by atoms with Gasteiger partial charge >= 0.3 is 12.2 Å². The zero-order valence-electron chi connectivity index (χ0n) is 17.2. The Morgan fingerprint density at radius 3 is 2.53 bits per heavy atom. The molecule has 0 saturated carbocycles. The summed E-state index contributed by atoms with van der Waals surface area (Å²) in [5, 5.41) is 0. The molecule has 9 heteroatoms. The molecule has 32 heavy (non-hydrogen) atoms. The number of ether oxygens (including phenoxy) is 1. The summed E-state index contributed by atoms with van der Waals surface area (Å²) in [6.07, 6.45) is -0.791. The zero-order valence-corrected chi connectivity index (χ0v) is 18.0. The van der Waals surface area contributed by atoms with Crippen molar-refractivity contribution in [3.05, 3.63) is 83.7 Å². The van der Waals surface area contributed by atoms with Crippen molar-refractivity contribution in [1.82, 2.24) is 4.98 Å². The van der Waals surface area contributed by atoms with Crippen LogP contribution in [-0.2, 0) is 18.3 Å². The fraction of sp³-hybridized carbons (Fsp3) is 0.217. The number of carbonyl (C=O) groups is 1. The van der Waals surface area contributed by atoms with E-state index in [-0.39, 0.29) is 18.0 Å². The van der Waals surface area contributed by atoms with Crippen LogP contribution in [0.4, 0.5) is 29.3 Å². The van der Waals surface area contributed by atoms with E-state index < -0.39 is 17.8 Å². The van der Waals surface area contributed by atoms with Gasteiger partial charge in [0.25, 0.3) is 0 Å². The molecular formula is C23H20F3N3O2S. The molecule has 0 fully saturated rings. The van der Waals surface area contributed by atoms with E-state index >= 15 is 0 Å². The van der Waals surface area contributed by atoms with Gasteiger partial charge in [0.1, 0.15) is 5.75 Å². The zero-order chi connectivity index (χ0) is 22.7. The smallest absolute Gasteiger partial charge is 0.420 e. The van der Waals surface area contributed by atoms with Gasteiger partial charge in [-0.05, 0) is 65.9 Å². The number of rotatable bonds is 5. The number of para-hydroxylation sites is 1. The number of alkyl halides is 3. The van der Waals surface area contributed by atoms with Crippen LogP contribution in [0.1, 0.15) is 16.7 Å². The Morgan fingerprint density at radius 2 is 1.88 bits per heavy atom. The molecule has 1 aliphatic heterocycles. The van der Waals surface area contributed by atoms with Crippen LogP contribution in [0.2, 0.25) is 0 Å². The van der Waals surface area contributed by atoms with E-state index in [4.69, 9.17) is 4.74 Å². The Labute approximate surface area is 187 Å². The number of halogens is 3. The third kappa shape index (κ3) is 4.52. The second-order valence-electron chi connectivity index (χ2n) is 7.12. The molecule has 0 atom stereocenters. The summed E-state index contributed by atoms with van der Waals surface area (Å²) in [5.41, 5.74) is 1.64.